The zero-order chi connectivity index (χ0) is 21.1. The number of benzene rings is 2. The molecule has 7 heteroatoms. The number of nitrogens with one attached hydrogen (secondary N) is 2. The smallest absolute Gasteiger partial charge is 0.191 e. The first-order valence-electron chi connectivity index (χ1n) is 9.86. The van der Waals surface area contributed by atoms with Crippen LogP contribution in [-0.2, 0) is 17.8 Å². The van der Waals surface area contributed by atoms with E-state index in [-0.39, 0.29) is 24.0 Å². The van der Waals surface area contributed by atoms with Crippen molar-refractivity contribution in [2.75, 3.05) is 34.5 Å². The molecular weight excluding hydrogens is 493 g/mol. The molecule has 6 nitrogen and oxygen atoms in total. The second kappa shape index (κ2) is 14.1. The van der Waals surface area contributed by atoms with Crippen LogP contribution >= 0.6 is 24.0 Å². The molecule has 0 fully saturated rings. The fourth-order valence-electron chi connectivity index (χ4n) is 2.96. The molecule has 2 aromatic rings. The molecule has 0 aromatic heterocycles. The van der Waals surface area contributed by atoms with Gasteiger partial charge in [0.2, 0.25) is 0 Å². The molecule has 2 rings (SSSR count). The van der Waals surface area contributed by atoms with E-state index < -0.39 is 0 Å². The van der Waals surface area contributed by atoms with Gasteiger partial charge in [-0.1, -0.05) is 18.2 Å². The lowest BCUT2D eigenvalue weighted by Gasteiger charge is -2.16. The number of methoxy groups -OCH3 is 2. The Bertz CT molecular complexity index is 812. The molecule has 0 aliphatic heterocycles. The van der Waals surface area contributed by atoms with E-state index in [2.05, 4.69) is 53.7 Å². The third-order valence-electron chi connectivity index (χ3n) is 4.45. The Morgan fingerprint density at radius 2 is 1.70 bits per heavy atom. The maximum Gasteiger partial charge on any atom is 0.191 e. The van der Waals surface area contributed by atoms with Crippen molar-refractivity contribution in [2.24, 2.45) is 4.99 Å². The summed E-state index contributed by atoms with van der Waals surface area (Å²) >= 11 is 0. The van der Waals surface area contributed by atoms with Crippen molar-refractivity contribution in [1.29, 1.82) is 0 Å². The lowest BCUT2D eigenvalue weighted by Crippen LogP contribution is -2.36. The standard InChI is InChI=1S/C23H33N3O3.HI/c1-17-7-8-20(22(13-17)29-10-6-9-27-4)16-26-23(24-3)25-15-19-11-18(2)12-21(14-19)28-5;/h7-8,11-14H,6,9-10,15-16H2,1-5H3,(H2,24,25,26);1H. The number of guanidine groups is 1. The molecule has 166 valence electrons. The summed E-state index contributed by atoms with van der Waals surface area (Å²) in [6, 6.07) is 12.4. The Morgan fingerprint density at radius 1 is 0.933 bits per heavy atom. The van der Waals surface area contributed by atoms with Crippen LogP contribution in [0.2, 0.25) is 0 Å². The van der Waals surface area contributed by atoms with Gasteiger partial charge < -0.3 is 24.8 Å². The van der Waals surface area contributed by atoms with E-state index in [4.69, 9.17) is 14.2 Å². The Hall–Kier alpha value is -2.00. The minimum absolute atomic E-state index is 0. The van der Waals surface area contributed by atoms with Gasteiger partial charge in [0.15, 0.2) is 5.96 Å². The highest BCUT2D eigenvalue weighted by Gasteiger charge is 2.07. The van der Waals surface area contributed by atoms with Gasteiger partial charge in [-0.25, -0.2) is 0 Å². The highest BCUT2D eigenvalue weighted by molar-refractivity contribution is 14.0. The van der Waals surface area contributed by atoms with Crippen molar-refractivity contribution in [3.8, 4) is 11.5 Å². The summed E-state index contributed by atoms with van der Waals surface area (Å²) in [6.07, 6.45) is 0.862. The number of rotatable bonds is 10. The molecule has 0 bridgehead atoms. The molecule has 0 unspecified atom stereocenters. The molecule has 30 heavy (non-hydrogen) atoms. The summed E-state index contributed by atoms with van der Waals surface area (Å²) in [5.74, 6) is 2.49. The highest BCUT2D eigenvalue weighted by atomic mass is 127. The Balaban J connectivity index is 0.00000450. The van der Waals surface area contributed by atoms with Crippen molar-refractivity contribution < 1.29 is 14.2 Å². The minimum atomic E-state index is 0. The van der Waals surface area contributed by atoms with E-state index in [1.807, 2.05) is 12.1 Å². The largest absolute Gasteiger partial charge is 0.497 e. The summed E-state index contributed by atoms with van der Waals surface area (Å²) in [5, 5.41) is 6.71. The molecule has 0 aliphatic carbocycles. The van der Waals surface area contributed by atoms with Gasteiger partial charge in [-0.15, -0.1) is 24.0 Å². The van der Waals surface area contributed by atoms with Crippen LogP contribution in [0.1, 0.15) is 28.7 Å². The second-order valence-corrected chi connectivity index (χ2v) is 6.94. The molecular formula is C23H34IN3O3. The summed E-state index contributed by atoms with van der Waals surface area (Å²) < 4.78 is 16.4. The number of aliphatic imine (C=N–C) groups is 1. The molecule has 0 saturated heterocycles. The van der Waals surface area contributed by atoms with Gasteiger partial charge in [-0.05, 0) is 48.7 Å². The average Bonchev–Trinajstić information content (AvgIpc) is 2.72. The van der Waals surface area contributed by atoms with Crippen LogP contribution in [0.4, 0.5) is 0 Å². The van der Waals surface area contributed by atoms with Crippen LogP contribution in [0.15, 0.2) is 41.4 Å². The Kier molecular flexibility index (Phi) is 12.2. The number of aryl methyl sites for hydroxylation is 2. The average molecular weight is 527 g/mol. The monoisotopic (exact) mass is 527 g/mol. The number of hydrogen-bond donors (Lipinski definition) is 2. The number of ether oxygens (including phenoxy) is 3. The topological polar surface area (TPSA) is 64.1 Å². The van der Waals surface area contributed by atoms with E-state index in [9.17, 15) is 0 Å². The Morgan fingerprint density at radius 3 is 2.40 bits per heavy atom. The molecule has 0 spiro atoms. The fourth-order valence-corrected chi connectivity index (χ4v) is 2.96. The first kappa shape index (κ1) is 26.0. The minimum Gasteiger partial charge on any atom is -0.497 e. The lowest BCUT2D eigenvalue weighted by atomic mass is 10.1. The first-order chi connectivity index (χ1) is 14.0. The number of halogens is 1. The van der Waals surface area contributed by atoms with Crippen molar-refractivity contribution in [1.82, 2.24) is 10.6 Å². The van der Waals surface area contributed by atoms with Gasteiger partial charge in [0.25, 0.3) is 0 Å². The Labute approximate surface area is 197 Å². The van der Waals surface area contributed by atoms with Crippen molar-refractivity contribution in [2.45, 2.75) is 33.4 Å². The van der Waals surface area contributed by atoms with Crippen LogP contribution in [0.3, 0.4) is 0 Å². The van der Waals surface area contributed by atoms with Crippen molar-refractivity contribution >= 4 is 29.9 Å². The van der Waals surface area contributed by atoms with E-state index in [0.29, 0.717) is 26.3 Å². The molecule has 0 atom stereocenters. The molecule has 2 N–H and O–H groups in total. The lowest BCUT2D eigenvalue weighted by molar-refractivity contribution is 0.171. The normalized spacial score (nSPS) is 10.9. The van der Waals surface area contributed by atoms with Crippen LogP contribution in [-0.4, -0.2) is 40.4 Å². The van der Waals surface area contributed by atoms with E-state index in [1.165, 1.54) is 11.1 Å². The van der Waals surface area contributed by atoms with Crippen LogP contribution in [0.25, 0.3) is 0 Å². The zero-order valence-corrected chi connectivity index (χ0v) is 20.9. The SMILES string of the molecule is CN=C(NCc1cc(C)cc(OC)c1)NCc1ccc(C)cc1OCCCOC.I. The predicted octanol–water partition coefficient (Wildman–Crippen LogP) is 4.21. The summed E-state index contributed by atoms with van der Waals surface area (Å²) in [7, 11) is 5.15. The van der Waals surface area contributed by atoms with Gasteiger partial charge in [0, 0.05) is 45.8 Å². The van der Waals surface area contributed by atoms with Crippen molar-refractivity contribution in [3.05, 3.63) is 58.7 Å². The van der Waals surface area contributed by atoms with Crippen LogP contribution < -0.4 is 20.1 Å². The van der Waals surface area contributed by atoms with Gasteiger partial charge in [-0.2, -0.15) is 0 Å². The van der Waals surface area contributed by atoms with Gasteiger partial charge in [-0.3, -0.25) is 4.99 Å². The quantitative estimate of drug-likeness (QED) is 0.210. The summed E-state index contributed by atoms with van der Waals surface area (Å²) in [4.78, 5) is 4.32. The number of hydrogen-bond acceptors (Lipinski definition) is 4. The highest BCUT2D eigenvalue weighted by Crippen LogP contribution is 2.20. The van der Waals surface area contributed by atoms with E-state index in [0.717, 1.165) is 35.0 Å². The van der Waals surface area contributed by atoms with E-state index >= 15 is 0 Å². The maximum absolute atomic E-state index is 5.96. The third kappa shape index (κ3) is 8.79. The van der Waals surface area contributed by atoms with Gasteiger partial charge >= 0.3 is 0 Å². The molecule has 0 saturated carbocycles. The molecule has 2 aromatic carbocycles. The number of nitrogens with zero attached hydrogens (tertiary/aromatic N) is 1. The summed E-state index contributed by atoms with van der Waals surface area (Å²) in [5.41, 5.74) is 4.57. The molecule has 0 heterocycles. The van der Waals surface area contributed by atoms with Crippen LogP contribution in [0.5, 0.6) is 11.5 Å². The predicted molar refractivity (Wildman–Crippen MR) is 133 cm³/mol. The summed E-state index contributed by atoms with van der Waals surface area (Å²) in [6.45, 7) is 6.73. The van der Waals surface area contributed by atoms with Crippen LogP contribution in [0, 0.1) is 13.8 Å². The van der Waals surface area contributed by atoms with E-state index in [1.54, 1.807) is 21.3 Å². The van der Waals surface area contributed by atoms with Gasteiger partial charge in [0.1, 0.15) is 11.5 Å². The molecule has 0 aliphatic rings. The molecule has 0 radical (unpaired) electrons. The zero-order valence-electron chi connectivity index (χ0n) is 18.6. The van der Waals surface area contributed by atoms with Crippen molar-refractivity contribution in [3.63, 3.8) is 0 Å². The first-order valence-corrected chi connectivity index (χ1v) is 9.86. The second-order valence-electron chi connectivity index (χ2n) is 6.94. The maximum atomic E-state index is 5.96. The third-order valence-corrected chi connectivity index (χ3v) is 4.45. The molecule has 0 amide bonds. The fraction of sp³-hybridized carbons (Fsp3) is 0.435. The van der Waals surface area contributed by atoms with Gasteiger partial charge in [0.05, 0.1) is 13.7 Å².